The molecule has 0 heterocycles. The number of halogens is 3. The molecular weight excluding hydrogens is 207 g/mol. The van der Waals surface area contributed by atoms with Crippen LogP contribution in [0.25, 0.3) is 0 Å². The summed E-state index contributed by atoms with van der Waals surface area (Å²) in [6.07, 6.45) is -4.50. The summed E-state index contributed by atoms with van der Waals surface area (Å²) in [5.41, 5.74) is -1.99. The highest BCUT2D eigenvalue weighted by Crippen LogP contribution is 2.32. The average molecular weight is 219 g/mol. The maximum absolute atomic E-state index is 12.6. The van der Waals surface area contributed by atoms with E-state index in [0.717, 1.165) is 6.92 Å². The van der Waals surface area contributed by atoms with E-state index in [1.165, 1.54) is 12.1 Å². The van der Waals surface area contributed by atoms with Gasteiger partial charge in [0.1, 0.15) is 0 Å². The third-order valence-corrected chi connectivity index (χ3v) is 2.14. The first-order valence-electron chi connectivity index (χ1n) is 4.40. The molecule has 0 fully saturated rings. The fraction of sp³-hybridized carbons (Fsp3) is 0.400. The predicted molar refractivity (Wildman–Crippen MR) is 51.6 cm³/mol. The molecule has 15 heavy (non-hydrogen) atoms. The highest BCUT2D eigenvalue weighted by molar-refractivity contribution is 5.45. The Hall–Kier alpha value is -1.23. The first kappa shape index (κ1) is 11.8. The summed E-state index contributed by atoms with van der Waals surface area (Å²) in [4.78, 5) is 0. The van der Waals surface area contributed by atoms with Gasteiger partial charge in [0.15, 0.2) is 5.54 Å². The van der Waals surface area contributed by atoms with Gasteiger partial charge in [0.2, 0.25) is 0 Å². The van der Waals surface area contributed by atoms with Gasteiger partial charge in [-0.1, -0.05) is 18.2 Å². The molecule has 2 N–H and O–H groups in total. The molecule has 0 spiro atoms. The molecule has 0 saturated carbocycles. The molecule has 0 amide bonds. The lowest BCUT2D eigenvalue weighted by Gasteiger charge is -2.31. The number of para-hydroxylation sites is 1. The van der Waals surface area contributed by atoms with Crippen molar-refractivity contribution in [1.29, 1.82) is 0 Å². The van der Waals surface area contributed by atoms with Gasteiger partial charge in [-0.05, 0) is 19.1 Å². The van der Waals surface area contributed by atoms with Crippen LogP contribution in [0.1, 0.15) is 6.92 Å². The molecule has 1 aromatic rings. The quantitative estimate of drug-likeness (QED) is 0.818. The largest absolute Gasteiger partial charge is 0.413 e. The number of hydrogen-bond acceptors (Lipinski definition) is 2. The molecule has 0 bridgehead atoms. The van der Waals surface area contributed by atoms with E-state index in [2.05, 4.69) is 5.32 Å². The molecule has 2 nitrogen and oxygen atoms in total. The number of aliphatic hydroxyl groups excluding tert-OH is 1. The molecular formula is C10H12F3NO. The van der Waals surface area contributed by atoms with Crippen molar-refractivity contribution >= 4 is 5.69 Å². The number of benzene rings is 1. The normalized spacial score (nSPS) is 15.8. The Morgan fingerprint density at radius 3 is 2.13 bits per heavy atom. The van der Waals surface area contributed by atoms with Crippen LogP contribution in [0, 0.1) is 0 Å². The summed E-state index contributed by atoms with van der Waals surface area (Å²) < 4.78 is 37.7. The fourth-order valence-corrected chi connectivity index (χ4v) is 1.04. The molecule has 1 atom stereocenters. The highest BCUT2D eigenvalue weighted by atomic mass is 19.4. The molecule has 5 heteroatoms. The minimum Gasteiger partial charge on any atom is -0.394 e. The van der Waals surface area contributed by atoms with Crippen LogP contribution in [-0.4, -0.2) is 23.4 Å². The Labute approximate surface area is 85.7 Å². The third kappa shape index (κ3) is 2.62. The van der Waals surface area contributed by atoms with E-state index in [4.69, 9.17) is 5.11 Å². The van der Waals surface area contributed by atoms with Crippen molar-refractivity contribution in [2.75, 3.05) is 11.9 Å². The van der Waals surface area contributed by atoms with Crippen molar-refractivity contribution in [3.8, 4) is 0 Å². The lowest BCUT2D eigenvalue weighted by molar-refractivity contribution is -0.182. The van der Waals surface area contributed by atoms with Crippen LogP contribution in [0.15, 0.2) is 30.3 Å². The van der Waals surface area contributed by atoms with Crippen molar-refractivity contribution < 1.29 is 18.3 Å². The van der Waals surface area contributed by atoms with E-state index in [9.17, 15) is 13.2 Å². The van der Waals surface area contributed by atoms with Gasteiger partial charge in [-0.2, -0.15) is 13.2 Å². The number of nitrogens with one attached hydrogen (secondary N) is 1. The molecule has 1 unspecified atom stereocenters. The Morgan fingerprint density at radius 2 is 1.73 bits per heavy atom. The van der Waals surface area contributed by atoms with Gasteiger partial charge in [0, 0.05) is 5.69 Å². The SMILES string of the molecule is CC(CO)(Nc1ccccc1)C(F)(F)F. The second kappa shape index (κ2) is 4.10. The first-order valence-corrected chi connectivity index (χ1v) is 4.40. The van der Waals surface area contributed by atoms with E-state index >= 15 is 0 Å². The molecule has 1 aromatic carbocycles. The van der Waals surface area contributed by atoms with Gasteiger partial charge in [0.05, 0.1) is 6.61 Å². The van der Waals surface area contributed by atoms with Crippen LogP contribution < -0.4 is 5.32 Å². The first-order chi connectivity index (χ1) is 6.89. The molecule has 1 rings (SSSR count). The van der Waals surface area contributed by atoms with Crippen LogP contribution in [0.4, 0.5) is 18.9 Å². The maximum Gasteiger partial charge on any atom is 0.413 e. The number of anilines is 1. The Morgan fingerprint density at radius 1 is 1.20 bits per heavy atom. The summed E-state index contributed by atoms with van der Waals surface area (Å²) in [7, 11) is 0. The molecule has 0 radical (unpaired) electrons. The van der Waals surface area contributed by atoms with E-state index in [0.29, 0.717) is 5.69 Å². The van der Waals surface area contributed by atoms with E-state index in [-0.39, 0.29) is 0 Å². The van der Waals surface area contributed by atoms with Crippen molar-refractivity contribution in [1.82, 2.24) is 0 Å². The predicted octanol–water partition coefficient (Wildman–Crippen LogP) is 2.41. The topological polar surface area (TPSA) is 32.3 Å². The summed E-state index contributed by atoms with van der Waals surface area (Å²) >= 11 is 0. The lowest BCUT2D eigenvalue weighted by atomic mass is 10.0. The standard InChI is InChI=1S/C10H12F3NO/c1-9(7-15,10(11,12)13)14-8-5-3-2-4-6-8/h2-6,14-15H,7H2,1H3. The number of hydrogen-bond donors (Lipinski definition) is 2. The monoisotopic (exact) mass is 219 g/mol. The average Bonchev–Trinajstić information content (AvgIpc) is 2.17. The van der Waals surface area contributed by atoms with Crippen LogP contribution in [0.2, 0.25) is 0 Å². The fourth-order valence-electron chi connectivity index (χ4n) is 1.04. The summed E-state index contributed by atoms with van der Waals surface area (Å²) in [6.45, 7) is -0.0919. The highest BCUT2D eigenvalue weighted by Gasteiger charge is 2.50. The van der Waals surface area contributed by atoms with Gasteiger partial charge in [-0.25, -0.2) is 0 Å². The zero-order chi connectivity index (χ0) is 11.5. The molecule has 84 valence electrons. The molecule has 0 saturated heterocycles. The Balaban J connectivity index is 2.87. The minimum atomic E-state index is -4.50. The van der Waals surface area contributed by atoms with E-state index in [1.807, 2.05) is 0 Å². The van der Waals surface area contributed by atoms with Crippen molar-refractivity contribution in [2.24, 2.45) is 0 Å². The van der Waals surface area contributed by atoms with Gasteiger partial charge < -0.3 is 10.4 Å². The summed E-state index contributed by atoms with van der Waals surface area (Å²) in [5.74, 6) is 0. The zero-order valence-corrected chi connectivity index (χ0v) is 8.17. The van der Waals surface area contributed by atoms with E-state index in [1.54, 1.807) is 18.2 Å². The minimum absolute atomic E-state index is 0.325. The zero-order valence-electron chi connectivity index (χ0n) is 8.17. The molecule has 0 aromatic heterocycles. The smallest absolute Gasteiger partial charge is 0.394 e. The second-order valence-corrected chi connectivity index (χ2v) is 3.48. The number of alkyl halides is 3. The molecule has 0 aliphatic rings. The number of rotatable bonds is 3. The van der Waals surface area contributed by atoms with Crippen molar-refractivity contribution in [2.45, 2.75) is 18.6 Å². The Kier molecular flexibility index (Phi) is 3.24. The third-order valence-electron chi connectivity index (χ3n) is 2.14. The van der Waals surface area contributed by atoms with E-state index < -0.39 is 18.3 Å². The summed E-state index contributed by atoms with van der Waals surface area (Å²) in [6, 6.07) is 7.97. The van der Waals surface area contributed by atoms with Gasteiger partial charge in [-0.3, -0.25) is 0 Å². The maximum atomic E-state index is 12.6. The Bertz CT molecular complexity index is 312. The lowest BCUT2D eigenvalue weighted by Crippen LogP contribution is -2.52. The van der Waals surface area contributed by atoms with Crippen molar-refractivity contribution in [3.63, 3.8) is 0 Å². The number of aliphatic hydroxyl groups is 1. The van der Waals surface area contributed by atoms with Crippen molar-refractivity contribution in [3.05, 3.63) is 30.3 Å². The van der Waals surface area contributed by atoms with Crippen LogP contribution in [0.5, 0.6) is 0 Å². The van der Waals surface area contributed by atoms with Crippen LogP contribution in [-0.2, 0) is 0 Å². The second-order valence-electron chi connectivity index (χ2n) is 3.48. The molecule has 0 aliphatic carbocycles. The molecule has 0 aliphatic heterocycles. The van der Waals surface area contributed by atoms with Gasteiger partial charge in [0.25, 0.3) is 0 Å². The van der Waals surface area contributed by atoms with Crippen LogP contribution in [0.3, 0.4) is 0 Å². The van der Waals surface area contributed by atoms with Gasteiger partial charge in [-0.15, -0.1) is 0 Å². The van der Waals surface area contributed by atoms with Crippen LogP contribution >= 0.6 is 0 Å². The summed E-state index contributed by atoms with van der Waals surface area (Å²) in [5, 5.41) is 11.1. The van der Waals surface area contributed by atoms with Gasteiger partial charge >= 0.3 is 6.18 Å².